The Balaban J connectivity index is 2.71. The zero-order chi connectivity index (χ0) is 10.7. The average molecular weight is 201 g/mol. The van der Waals surface area contributed by atoms with Gasteiger partial charge in [0.25, 0.3) is 0 Å². The number of nitrogens with one attached hydrogen (secondary N) is 1. The maximum Gasteiger partial charge on any atom is 0.332 e. The molecule has 0 bridgehead atoms. The third kappa shape index (κ3) is 2.43. The van der Waals surface area contributed by atoms with E-state index in [1.807, 2.05) is 13.8 Å². The number of hydrogen-bond acceptors (Lipinski definition) is 4. The number of urea groups is 1. The fraction of sp³-hybridized carbons (Fsp3) is 0.750. The maximum atomic E-state index is 10.4. The smallest absolute Gasteiger partial charge is 0.332 e. The van der Waals surface area contributed by atoms with Crippen LogP contribution < -0.4 is 11.2 Å². The number of aliphatic hydroxyl groups is 1. The second-order valence-electron chi connectivity index (χ2n) is 3.53. The van der Waals surface area contributed by atoms with Crippen molar-refractivity contribution < 1.29 is 14.6 Å². The van der Waals surface area contributed by atoms with Crippen LogP contribution in [0.15, 0.2) is 5.10 Å². The minimum atomic E-state index is -0.755. The number of hydrazone groups is 1. The summed E-state index contributed by atoms with van der Waals surface area (Å²) in [5, 5.41) is 13.2. The van der Waals surface area contributed by atoms with E-state index in [1.54, 1.807) is 0 Å². The summed E-state index contributed by atoms with van der Waals surface area (Å²) in [6.45, 7) is 4.10. The van der Waals surface area contributed by atoms with Crippen LogP contribution >= 0.6 is 0 Å². The normalized spacial score (nSPS) is 29.9. The number of ether oxygens (including phenoxy) is 1. The van der Waals surface area contributed by atoms with Crippen LogP contribution in [0.3, 0.4) is 0 Å². The number of hydrogen-bond donors (Lipinski definition) is 3. The number of amides is 2. The Kier molecular flexibility index (Phi) is 3.43. The molecule has 0 spiro atoms. The lowest BCUT2D eigenvalue weighted by molar-refractivity contribution is 0.0691. The molecule has 6 nitrogen and oxygen atoms in total. The highest BCUT2D eigenvalue weighted by molar-refractivity contribution is 5.95. The molecule has 0 aromatic rings. The Labute approximate surface area is 82.1 Å². The van der Waals surface area contributed by atoms with E-state index in [-0.39, 0.29) is 18.6 Å². The fourth-order valence-corrected chi connectivity index (χ4v) is 1.35. The zero-order valence-corrected chi connectivity index (χ0v) is 8.23. The topological polar surface area (TPSA) is 96.9 Å². The summed E-state index contributed by atoms with van der Waals surface area (Å²) >= 11 is 0. The average Bonchev–Trinajstić information content (AvgIpc) is 2.43. The van der Waals surface area contributed by atoms with Gasteiger partial charge in [-0.15, -0.1) is 0 Å². The largest absolute Gasteiger partial charge is 0.385 e. The quantitative estimate of drug-likeness (QED) is 0.522. The highest BCUT2D eigenvalue weighted by Gasteiger charge is 2.34. The van der Waals surface area contributed by atoms with Crippen molar-refractivity contribution in [2.45, 2.75) is 26.1 Å². The number of primary amides is 1. The summed E-state index contributed by atoms with van der Waals surface area (Å²) in [6.07, 6.45) is -1.01. The van der Waals surface area contributed by atoms with E-state index < -0.39 is 12.1 Å². The molecule has 0 saturated carbocycles. The number of nitrogens with two attached hydrogens (primary N) is 1. The summed E-state index contributed by atoms with van der Waals surface area (Å²) in [5.41, 5.74) is 7.38. The van der Waals surface area contributed by atoms with Crippen molar-refractivity contribution in [1.29, 1.82) is 0 Å². The van der Waals surface area contributed by atoms with Crippen molar-refractivity contribution in [1.82, 2.24) is 5.43 Å². The minimum absolute atomic E-state index is 0.195. The molecule has 80 valence electrons. The van der Waals surface area contributed by atoms with Gasteiger partial charge in [0, 0.05) is 0 Å². The number of carbonyl (C=O) groups is 1. The standard InChI is InChI=1S/C8H15N3O3/c1-4(2)7-6(5(12)3-14-7)10-11-8(9)13/h4-5,7,12H,3H2,1-2H3,(H3,9,11,13)/b10-6-. The predicted octanol–water partition coefficient (Wildman–Crippen LogP) is -0.574. The number of nitrogens with zero attached hydrogens (tertiary/aromatic N) is 1. The molecular formula is C8H15N3O3. The molecule has 1 heterocycles. The summed E-state index contributed by atoms with van der Waals surface area (Å²) in [4.78, 5) is 10.4. The van der Waals surface area contributed by atoms with Gasteiger partial charge in [0.2, 0.25) is 0 Å². The first-order chi connectivity index (χ1) is 6.52. The Morgan fingerprint density at radius 1 is 1.79 bits per heavy atom. The van der Waals surface area contributed by atoms with E-state index in [0.717, 1.165) is 0 Å². The van der Waals surface area contributed by atoms with Crippen molar-refractivity contribution in [3.63, 3.8) is 0 Å². The molecule has 1 aliphatic rings. The zero-order valence-electron chi connectivity index (χ0n) is 8.23. The van der Waals surface area contributed by atoms with E-state index in [4.69, 9.17) is 10.5 Å². The van der Waals surface area contributed by atoms with E-state index in [0.29, 0.717) is 5.71 Å². The molecule has 2 atom stereocenters. The summed E-state index contributed by atoms with van der Waals surface area (Å²) in [7, 11) is 0. The SMILES string of the molecule is CC(C)C1OCC(O)/C1=N/NC(N)=O. The Hall–Kier alpha value is -1.14. The Morgan fingerprint density at radius 3 is 2.93 bits per heavy atom. The van der Waals surface area contributed by atoms with Crippen molar-refractivity contribution in [3.05, 3.63) is 0 Å². The van der Waals surface area contributed by atoms with Crippen LogP contribution in [0.25, 0.3) is 0 Å². The first-order valence-corrected chi connectivity index (χ1v) is 4.45. The molecule has 1 fully saturated rings. The molecule has 1 aliphatic heterocycles. The van der Waals surface area contributed by atoms with Gasteiger partial charge in [-0.1, -0.05) is 13.8 Å². The van der Waals surface area contributed by atoms with Gasteiger partial charge in [-0.05, 0) is 5.92 Å². The van der Waals surface area contributed by atoms with Gasteiger partial charge in [-0.2, -0.15) is 5.10 Å². The van der Waals surface area contributed by atoms with Gasteiger partial charge >= 0.3 is 6.03 Å². The molecule has 1 rings (SSSR count). The summed E-state index contributed by atoms with van der Waals surface area (Å²) in [5.74, 6) is 0.195. The molecular weight excluding hydrogens is 186 g/mol. The molecule has 2 amide bonds. The van der Waals surface area contributed by atoms with Gasteiger partial charge in [0.15, 0.2) is 0 Å². The van der Waals surface area contributed by atoms with Crippen LogP contribution in [0.2, 0.25) is 0 Å². The van der Waals surface area contributed by atoms with Crippen LogP contribution in [0.4, 0.5) is 4.79 Å². The van der Waals surface area contributed by atoms with E-state index in [9.17, 15) is 9.90 Å². The Bertz CT molecular complexity index is 252. The molecule has 6 heteroatoms. The van der Waals surface area contributed by atoms with Gasteiger partial charge in [-0.25, -0.2) is 10.2 Å². The molecule has 14 heavy (non-hydrogen) atoms. The van der Waals surface area contributed by atoms with Crippen LogP contribution in [-0.2, 0) is 4.74 Å². The number of aliphatic hydroxyl groups excluding tert-OH is 1. The van der Waals surface area contributed by atoms with Crippen LogP contribution in [-0.4, -0.2) is 35.7 Å². The lowest BCUT2D eigenvalue weighted by Crippen LogP contribution is -2.33. The molecule has 0 aromatic heterocycles. The molecule has 0 aliphatic carbocycles. The molecule has 2 unspecified atom stereocenters. The molecule has 1 saturated heterocycles. The van der Waals surface area contributed by atoms with Gasteiger partial charge in [-0.3, -0.25) is 0 Å². The molecule has 0 radical (unpaired) electrons. The van der Waals surface area contributed by atoms with Crippen LogP contribution in [0.1, 0.15) is 13.8 Å². The van der Waals surface area contributed by atoms with E-state index >= 15 is 0 Å². The lowest BCUT2D eigenvalue weighted by Gasteiger charge is -2.14. The highest BCUT2D eigenvalue weighted by atomic mass is 16.5. The Morgan fingerprint density at radius 2 is 2.43 bits per heavy atom. The van der Waals surface area contributed by atoms with E-state index in [2.05, 4.69) is 10.5 Å². The first kappa shape index (κ1) is 10.9. The van der Waals surface area contributed by atoms with Gasteiger partial charge in [0.05, 0.1) is 12.3 Å². The number of carbonyl (C=O) groups excluding carboxylic acids is 1. The fourth-order valence-electron chi connectivity index (χ4n) is 1.35. The third-order valence-corrected chi connectivity index (χ3v) is 1.97. The minimum Gasteiger partial charge on any atom is -0.385 e. The maximum absolute atomic E-state index is 10.4. The van der Waals surface area contributed by atoms with Gasteiger partial charge < -0.3 is 15.6 Å². The van der Waals surface area contributed by atoms with Crippen LogP contribution in [0.5, 0.6) is 0 Å². The lowest BCUT2D eigenvalue weighted by atomic mass is 10.0. The monoisotopic (exact) mass is 201 g/mol. The molecule has 0 aromatic carbocycles. The second kappa shape index (κ2) is 4.39. The van der Waals surface area contributed by atoms with Gasteiger partial charge in [0.1, 0.15) is 12.2 Å². The summed E-state index contributed by atoms with van der Waals surface area (Å²) in [6, 6.07) is -0.751. The number of rotatable bonds is 2. The molecule has 4 N–H and O–H groups in total. The van der Waals surface area contributed by atoms with E-state index in [1.165, 1.54) is 0 Å². The predicted molar refractivity (Wildman–Crippen MR) is 50.7 cm³/mol. The first-order valence-electron chi connectivity index (χ1n) is 4.45. The second-order valence-corrected chi connectivity index (χ2v) is 3.53. The van der Waals surface area contributed by atoms with Crippen molar-refractivity contribution in [2.24, 2.45) is 16.8 Å². The third-order valence-electron chi connectivity index (χ3n) is 1.97. The highest BCUT2D eigenvalue weighted by Crippen LogP contribution is 2.17. The summed E-state index contributed by atoms with van der Waals surface area (Å²) < 4.78 is 5.30. The van der Waals surface area contributed by atoms with Crippen molar-refractivity contribution in [2.75, 3.05) is 6.61 Å². The van der Waals surface area contributed by atoms with Crippen molar-refractivity contribution >= 4 is 11.7 Å². The van der Waals surface area contributed by atoms with Crippen LogP contribution in [0, 0.1) is 5.92 Å². The van der Waals surface area contributed by atoms with Crippen molar-refractivity contribution in [3.8, 4) is 0 Å².